The van der Waals surface area contributed by atoms with Crippen molar-refractivity contribution >= 4 is 5.91 Å². The Kier molecular flexibility index (Phi) is 5.16. The Morgan fingerprint density at radius 2 is 2.20 bits per heavy atom. The fourth-order valence-corrected chi connectivity index (χ4v) is 1.65. The molecule has 0 radical (unpaired) electrons. The Balaban J connectivity index is 2.29. The minimum atomic E-state index is 0.153. The summed E-state index contributed by atoms with van der Waals surface area (Å²) < 4.78 is 0. The van der Waals surface area contributed by atoms with Gasteiger partial charge < -0.3 is 9.80 Å². The zero-order valence-electron chi connectivity index (χ0n) is 9.33. The van der Waals surface area contributed by atoms with E-state index in [4.69, 9.17) is 6.42 Å². The first-order valence-corrected chi connectivity index (χ1v) is 5.34. The normalized spacial score (nSPS) is 18.3. The Labute approximate surface area is 91.6 Å². The van der Waals surface area contributed by atoms with Gasteiger partial charge in [-0.2, -0.15) is 0 Å². The van der Waals surface area contributed by atoms with Crippen LogP contribution in [-0.4, -0.2) is 62.0 Å². The van der Waals surface area contributed by atoms with E-state index in [9.17, 15) is 4.79 Å². The summed E-state index contributed by atoms with van der Waals surface area (Å²) in [5.41, 5.74) is 0. The molecule has 0 unspecified atom stereocenters. The molecule has 1 fully saturated rings. The minimum absolute atomic E-state index is 0.153. The number of nitrogens with one attached hydrogen (secondary N) is 1. The molecule has 0 aliphatic carbocycles. The Morgan fingerprint density at radius 1 is 1.40 bits per heavy atom. The molecule has 1 aliphatic rings. The van der Waals surface area contributed by atoms with Gasteiger partial charge in [-0.25, -0.2) is 0 Å². The molecule has 0 aromatic heterocycles. The highest BCUT2D eigenvalue weighted by Crippen LogP contribution is 2.00. The number of carbonyl (C=O) groups excluding carboxylic acids is 1. The molecule has 1 heterocycles. The van der Waals surface area contributed by atoms with Crippen LogP contribution >= 0.6 is 0 Å². The molecule has 1 rings (SSSR count). The van der Waals surface area contributed by atoms with Crippen molar-refractivity contribution < 1.29 is 4.79 Å². The van der Waals surface area contributed by atoms with Gasteiger partial charge in [0.05, 0.1) is 13.1 Å². The van der Waals surface area contributed by atoms with Crippen LogP contribution in [0, 0.1) is 12.3 Å². The quantitative estimate of drug-likeness (QED) is 0.497. The predicted molar refractivity (Wildman–Crippen MR) is 60.4 cm³/mol. The first-order valence-electron chi connectivity index (χ1n) is 5.34. The van der Waals surface area contributed by atoms with Crippen LogP contribution in [0.3, 0.4) is 0 Å². The van der Waals surface area contributed by atoms with Crippen LogP contribution < -0.4 is 5.32 Å². The van der Waals surface area contributed by atoms with Crippen LogP contribution in [0.2, 0.25) is 0 Å². The summed E-state index contributed by atoms with van der Waals surface area (Å²) in [6.45, 7) is 4.53. The number of rotatable bonds is 3. The van der Waals surface area contributed by atoms with E-state index in [1.165, 1.54) is 0 Å². The Bertz CT molecular complexity index is 247. The van der Waals surface area contributed by atoms with Crippen LogP contribution in [-0.2, 0) is 4.79 Å². The van der Waals surface area contributed by atoms with E-state index in [0.717, 1.165) is 32.6 Å². The molecule has 4 heteroatoms. The summed E-state index contributed by atoms with van der Waals surface area (Å²) in [6.07, 6.45) is 6.15. The van der Waals surface area contributed by atoms with E-state index in [1.807, 2.05) is 4.90 Å². The van der Waals surface area contributed by atoms with Crippen molar-refractivity contribution in [3.05, 3.63) is 0 Å². The minimum Gasteiger partial charge on any atom is -0.340 e. The van der Waals surface area contributed by atoms with Crippen LogP contribution in [0.4, 0.5) is 0 Å². The second kappa shape index (κ2) is 6.44. The Morgan fingerprint density at radius 3 is 2.93 bits per heavy atom. The third-order valence-electron chi connectivity index (χ3n) is 2.58. The largest absolute Gasteiger partial charge is 0.340 e. The van der Waals surface area contributed by atoms with E-state index < -0.39 is 0 Å². The molecule has 1 saturated heterocycles. The summed E-state index contributed by atoms with van der Waals surface area (Å²) in [5.74, 6) is 2.61. The molecule has 84 valence electrons. The predicted octanol–water partition coefficient (Wildman–Crippen LogP) is -0.627. The molecule has 0 saturated carbocycles. The summed E-state index contributed by atoms with van der Waals surface area (Å²) in [5, 5.41) is 2.92. The molecule has 1 amide bonds. The number of nitrogens with zero attached hydrogens (tertiary/aromatic N) is 2. The molecule has 0 bridgehead atoms. The van der Waals surface area contributed by atoms with Gasteiger partial charge in [0.25, 0.3) is 0 Å². The van der Waals surface area contributed by atoms with Crippen molar-refractivity contribution in [3.63, 3.8) is 0 Å². The average Bonchev–Trinajstić information content (AvgIpc) is 2.43. The van der Waals surface area contributed by atoms with Gasteiger partial charge in [-0.15, -0.1) is 6.42 Å². The number of amides is 1. The topological polar surface area (TPSA) is 35.6 Å². The average molecular weight is 209 g/mol. The third kappa shape index (κ3) is 4.32. The highest BCUT2D eigenvalue weighted by molar-refractivity contribution is 5.78. The summed E-state index contributed by atoms with van der Waals surface area (Å²) >= 11 is 0. The van der Waals surface area contributed by atoms with E-state index >= 15 is 0 Å². The first-order chi connectivity index (χ1) is 7.24. The molecule has 0 aromatic rings. The van der Waals surface area contributed by atoms with E-state index in [1.54, 1.807) is 0 Å². The van der Waals surface area contributed by atoms with Crippen LogP contribution in [0.1, 0.15) is 6.42 Å². The molecular formula is C11H19N3O. The van der Waals surface area contributed by atoms with E-state index in [0.29, 0.717) is 13.1 Å². The molecule has 0 aromatic carbocycles. The van der Waals surface area contributed by atoms with Crippen LogP contribution in [0.15, 0.2) is 0 Å². The molecule has 0 atom stereocenters. The van der Waals surface area contributed by atoms with Gasteiger partial charge in [-0.1, -0.05) is 5.92 Å². The molecule has 0 spiro atoms. The second-order valence-corrected chi connectivity index (χ2v) is 3.85. The molecule has 1 aliphatic heterocycles. The Hall–Kier alpha value is -1.05. The lowest BCUT2D eigenvalue weighted by molar-refractivity contribution is -0.130. The van der Waals surface area contributed by atoms with E-state index in [-0.39, 0.29) is 5.91 Å². The third-order valence-corrected chi connectivity index (χ3v) is 2.58. The first kappa shape index (κ1) is 12.0. The van der Waals surface area contributed by atoms with Crippen molar-refractivity contribution in [2.75, 3.05) is 46.3 Å². The van der Waals surface area contributed by atoms with Gasteiger partial charge in [0, 0.05) is 19.6 Å². The van der Waals surface area contributed by atoms with Crippen molar-refractivity contribution in [2.24, 2.45) is 0 Å². The van der Waals surface area contributed by atoms with Gasteiger partial charge in [0.2, 0.25) is 5.91 Å². The monoisotopic (exact) mass is 209 g/mol. The second-order valence-electron chi connectivity index (χ2n) is 3.85. The van der Waals surface area contributed by atoms with Crippen molar-refractivity contribution in [2.45, 2.75) is 6.42 Å². The SMILES string of the molecule is C#CCNCC(=O)N1CCCN(C)CC1. The summed E-state index contributed by atoms with van der Waals surface area (Å²) in [6, 6.07) is 0. The van der Waals surface area contributed by atoms with Gasteiger partial charge in [0.1, 0.15) is 0 Å². The zero-order valence-corrected chi connectivity index (χ0v) is 9.33. The molecule has 15 heavy (non-hydrogen) atoms. The summed E-state index contributed by atoms with van der Waals surface area (Å²) in [4.78, 5) is 15.9. The number of terminal acetylenes is 1. The van der Waals surface area contributed by atoms with Crippen LogP contribution in [0.25, 0.3) is 0 Å². The molecule has 4 nitrogen and oxygen atoms in total. The maximum atomic E-state index is 11.7. The standard InChI is InChI=1S/C11H19N3O/c1-3-5-12-10-11(15)14-7-4-6-13(2)8-9-14/h1,12H,4-10H2,2H3. The lowest BCUT2D eigenvalue weighted by Crippen LogP contribution is -2.40. The fraction of sp³-hybridized carbons (Fsp3) is 0.727. The summed E-state index contributed by atoms with van der Waals surface area (Å²) in [7, 11) is 2.09. The lowest BCUT2D eigenvalue weighted by atomic mass is 10.3. The number of hydrogen-bond donors (Lipinski definition) is 1. The van der Waals surface area contributed by atoms with Crippen molar-refractivity contribution in [1.82, 2.24) is 15.1 Å². The molecular weight excluding hydrogens is 190 g/mol. The smallest absolute Gasteiger partial charge is 0.236 e. The van der Waals surface area contributed by atoms with Crippen molar-refractivity contribution in [1.29, 1.82) is 0 Å². The number of likely N-dealkylation sites (N-methyl/N-ethyl adjacent to an activating group) is 1. The lowest BCUT2D eigenvalue weighted by Gasteiger charge is -2.20. The number of hydrogen-bond acceptors (Lipinski definition) is 3. The van der Waals surface area contributed by atoms with Gasteiger partial charge >= 0.3 is 0 Å². The van der Waals surface area contributed by atoms with Gasteiger partial charge in [0.15, 0.2) is 0 Å². The molecule has 1 N–H and O–H groups in total. The fourth-order valence-electron chi connectivity index (χ4n) is 1.65. The maximum Gasteiger partial charge on any atom is 0.236 e. The highest BCUT2D eigenvalue weighted by Gasteiger charge is 2.16. The van der Waals surface area contributed by atoms with Gasteiger partial charge in [-0.05, 0) is 20.0 Å². The maximum absolute atomic E-state index is 11.7. The zero-order chi connectivity index (χ0) is 11.1. The van der Waals surface area contributed by atoms with E-state index in [2.05, 4.69) is 23.2 Å². The van der Waals surface area contributed by atoms with Gasteiger partial charge in [-0.3, -0.25) is 10.1 Å². The van der Waals surface area contributed by atoms with Crippen molar-refractivity contribution in [3.8, 4) is 12.3 Å². The van der Waals surface area contributed by atoms with Crippen LogP contribution in [0.5, 0.6) is 0 Å². The highest BCUT2D eigenvalue weighted by atomic mass is 16.2. The number of carbonyl (C=O) groups is 1.